The molecule has 10 heteroatoms. The smallest absolute Gasteiger partial charge is 0.323 e. The van der Waals surface area contributed by atoms with Gasteiger partial charge in [-0.15, -0.1) is 0 Å². The van der Waals surface area contributed by atoms with Crippen molar-refractivity contribution in [3.8, 4) is 0 Å². The zero-order valence-electron chi connectivity index (χ0n) is 17.2. The number of nitrogens with zero attached hydrogens (tertiary/aromatic N) is 4. The van der Waals surface area contributed by atoms with Crippen molar-refractivity contribution in [3.63, 3.8) is 0 Å². The fourth-order valence-electron chi connectivity index (χ4n) is 3.74. The highest BCUT2D eigenvalue weighted by Gasteiger charge is 2.34. The van der Waals surface area contributed by atoms with E-state index in [0.717, 1.165) is 48.2 Å². The van der Waals surface area contributed by atoms with Gasteiger partial charge in [0.1, 0.15) is 22.3 Å². The summed E-state index contributed by atoms with van der Waals surface area (Å²) in [6, 6.07) is 3.71. The third-order valence-electron chi connectivity index (χ3n) is 5.51. The topological polar surface area (TPSA) is 95.2 Å². The van der Waals surface area contributed by atoms with Gasteiger partial charge in [-0.25, -0.2) is 4.98 Å². The highest BCUT2D eigenvalue weighted by molar-refractivity contribution is 8.26. The zero-order valence-corrected chi connectivity index (χ0v) is 18.8. The number of piperidine rings is 1. The van der Waals surface area contributed by atoms with Gasteiger partial charge in [0, 0.05) is 19.3 Å². The molecule has 0 saturated carbocycles. The number of pyridine rings is 1. The summed E-state index contributed by atoms with van der Waals surface area (Å²) in [7, 11) is 0. The molecule has 8 nitrogen and oxygen atoms in total. The molecular weight excluding hydrogens is 436 g/mol. The summed E-state index contributed by atoms with van der Waals surface area (Å²) in [6.45, 7) is 5.14. The number of rotatable bonds is 4. The van der Waals surface area contributed by atoms with Crippen LogP contribution in [0.15, 0.2) is 28.0 Å². The lowest BCUT2D eigenvalue weighted by Crippen LogP contribution is -2.36. The Morgan fingerprint density at radius 1 is 1.32 bits per heavy atom. The van der Waals surface area contributed by atoms with Gasteiger partial charge in [0.2, 0.25) is 0 Å². The number of hydrogen-bond acceptors (Lipinski definition) is 7. The van der Waals surface area contributed by atoms with Crippen LogP contribution in [0.25, 0.3) is 11.7 Å². The molecule has 2 aromatic rings. The zero-order chi connectivity index (χ0) is 22.3. The number of carbonyl (C=O) groups excluding carboxylic acids is 1. The van der Waals surface area contributed by atoms with Crippen molar-refractivity contribution in [1.29, 1.82) is 0 Å². The van der Waals surface area contributed by atoms with Crippen LogP contribution in [0.4, 0.5) is 5.82 Å². The quantitative estimate of drug-likeness (QED) is 0.552. The van der Waals surface area contributed by atoms with Crippen molar-refractivity contribution in [2.24, 2.45) is 5.92 Å². The minimum Gasteiger partial charge on any atom is -0.480 e. The van der Waals surface area contributed by atoms with Crippen LogP contribution in [0.3, 0.4) is 0 Å². The Balaban J connectivity index is 1.84. The monoisotopic (exact) mass is 458 g/mol. The Labute approximate surface area is 188 Å². The van der Waals surface area contributed by atoms with Gasteiger partial charge in [0.25, 0.3) is 11.5 Å². The number of thioether (sulfide) groups is 1. The summed E-state index contributed by atoms with van der Waals surface area (Å²) in [5, 5.41) is 9.06. The predicted molar refractivity (Wildman–Crippen MR) is 124 cm³/mol. The third kappa shape index (κ3) is 4.22. The molecule has 2 aliphatic heterocycles. The van der Waals surface area contributed by atoms with Crippen LogP contribution < -0.4 is 10.5 Å². The lowest BCUT2D eigenvalue weighted by atomic mass is 9.99. The van der Waals surface area contributed by atoms with Crippen LogP contribution in [0.2, 0.25) is 0 Å². The third-order valence-corrected chi connectivity index (χ3v) is 6.89. The number of thiocarbonyl (C=S) groups is 1. The second-order valence-electron chi connectivity index (χ2n) is 7.92. The highest BCUT2D eigenvalue weighted by atomic mass is 32.2. The van der Waals surface area contributed by atoms with Gasteiger partial charge in [-0.2, -0.15) is 0 Å². The van der Waals surface area contributed by atoms with E-state index in [-0.39, 0.29) is 14.8 Å². The normalized spacial score (nSPS) is 19.1. The number of anilines is 1. The van der Waals surface area contributed by atoms with Gasteiger partial charge in [-0.1, -0.05) is 37.0 Å². The van der Waals surface area contributed by atoms with Crippen LogP contribution in [-0.2, 0) is 9.59 Å². The first kappa shape index (κ1) is 21.5. The second kappa shape index (κ2) is 8.43. The number of aliphatic carboxylic acids is 1. The van der Waals surface area contributed by atoms with Gasteiger partial charge in [0.15, 0.2) is 0 Å². The SMILES string of the molecule is Cc1ccc2nc(N3CCC(C)CC3)c(/C=C3/SC(=S)N(CC(=O)O)C3=O)c(=O)n2c1. The second-order valence-corrected chi connectivity index (χ2v) is 9.60. The Bertz CT molecular complexity index is 1180. The molecule has 31 heavy (non-hydrogen) atoms. The van der Waals surface area contributed by atoms with Crippen LogP contribution in [0, 0.1) is 12.8 Å². The molecule has 4 rings (SSSR count). The first-order valence-electron chi connectivity index (χ1n) is 9.99. The number of amides is 1. The van der Waals surface area contributed by atoms with E-state index in [0.29, 0.717) is 22.9 Å². The van der Waals surface area contributed by atoms with Crippen LogP contribution >= 0.6 is 24.0 Å². The summed E-state index contributed by atoms with van der Waals surface area (Å²) in [4.78, 5) is 45.4. The van der Waals surface area contributed by atoms with Crippen molar-refractivity contribution in [2.75, 3.05) is 24.5 Å². The summed E-state index contributed by atoms with van der Waals surface area (Å²) >= 11 is 6.18. The van der Waals surface area contributed by atoms with E-state index in [9.17, 15) is 14.4 Å². The Hall–Kier alpha value is -2.72. The molecule has 0 spiro atoms. The van der Waals surface area contributed by atoms with E-state index < -0.39 is 18.4 Å². The lowest BCUT2D eigenvalue weighted by Gasteiger charge is -2.32. The van der Waals surface area contributed by atoms with Gasteiger partial charge in [0.05, 0.1) is 10.5 Å². The summed E-state index contributed by atoms with van der Waals surface area (Å²) in [6.07, 6.45) is 5.22. The number of hydrogen-bond donors (Lipinski definition) is 1. The minimum absolute atomic E-state index is 0.164. The molecule has 2 saturated heterocycles. The molecule has 162 valence electrons. The number of fused-ring (bicyclic) bond motifs is 1. The molecule has 2 aromatic heterocycles. The molecule has 1 N–H and O–H groups in total. The largest absolute Gasteiger partial charge is 0.480 e. The summed E-state index contributed by atoms with van der Waals surface area (Å²) < 4.78 is 1.64. The first-order chi connectivity index (χ1) is 14.7. The van der Waals surface area contributed by atoms with Gasteiger partial charge >= 0.3 is 5.97 Å². The van der Waals surface area contributed by atoms with E-state index in [4.69, 9.17) is 22.3 Å². The van der Waals surface area contributed by atoms with Crippen LogP contribution in [-0.4, -0.2) is 55.2 Å². The molecule has 0 atom stereocenters. The summed E-state index contributed by atoms with van der Waals surface area (Å²) in [5.41, 5.74) is 1.49. The molecule has 0 aliphatic carbocycles. The molecule has 1 amide bonds. The highest BCUT2D eigenvalue weighted by Crippen LogP contribution is 2.34. The maximum absolute atomic E-state index is 13.4. The number of aromatic nitrogens is 2. The number of carboxylic acid groups (broad SMARTS) is 1. The summed E-state index contributed by atoms with van der Waals surface area (Å²) in [5.74, 6) is -0.506. The minimum atomic E-state index is -1.15. The molecule has 0 radical (unpaired) electrons. The number of aryl methyl sites for hydroxylation is 1. The van der Waals surface area contributed by atoms with E-state index in [1.807, 2.05) is 19.1 Å². The van der Waals surface area contributed by atoms with Crippen molar-refractivity contribution in [1.82, 2.24) is 14.3 Å². The van der Waals surface area contributed by atoms with Crippen molar-refractivity contribution in [3.05, 3.63) is 44.7 Å². The lowest BCUT2D eigenvalue weighted by molar-refractivity contribution is -0.140. The molecular formula is C21H22N4O4S2. The van der Waals surface area contributed by atoms with Crippen molar-refractivity contribution in [2.45, 2.75) is 26.7 Å². The van der Waals surface area contributed by atoms with E-state index in [2.05, 4.69) is 11.8 Å². The predicted octanol–water partition coefficient (Wildman–Crippen LogP) is 2.53. The number of carboxylic acids is 1. The van der Waals surface area contributed by atoms with Crippen LogP contribution in [0.1, 0.15) is 30.9 Å². The average Bonchev–Trinajstić information content (AvgIpc) is 2.98. The standard InChI is InChI=1S/C21H22N4O4S2/c1-12-5-7-23(8-6-12)18-14(19(28)24-10-13(2)3-4-16(24)22-18)9-15-20(29)25(11-17(26)27)21(30)31-15/h3-4,9-10,12H,5-8,11H2,1-2H3,(H,26,27)/b15-9+. The van der Waals surface area contributed by atoms with Crippen LogP contribution in [0.5, 0.6) is 0 Å². The van der Waals surface area contributed by atoms with Crippen molar-refractivity contribution >= 4 is 57.7 Å². The molecule has 2 fully saturated rings. The Kier molecular flexibility index (Phi) is 5.85. The van der Waals surface area contributed by atoms with E-state index in [1.54, 1.807) is 6.20 Å². The first-order valence-corrected chi connectivity index (χ1v) is 11.2. The molecule has 0 bridgehead atoms. The fourth-order valence-corrected chi connectivity index (χ4v) is 4.97. The van der Waals surface area contributed by atoms with E-state index >= 15 is 0 Å². The molecule has 4 heterocycles. The van der Waals surface area contributed by atoms with E-state index in [1.165, 1.54) is 10.5 Å². The Morgan fingerprint density at radius 3 is 2.71 bits per heavy atom. The number of carbonyl (C=O) groups is 2. The molecule has 2 aliphatic rings. The van der Waals surface area contributed by atoms with Crippen molar-refractivity contribution < 1.29 is 14.7 Å². The fraction of sp³-hybridized carbons (Fsp3) is 0.381. The maximum Gasteiger partial charge on any atom is 0.323 e. The average molecular weight is 459 g/mol. The van der Waals surface area contributed by atoms with Gasteiger partial charge in [-0.3, -0.25) is 23.7 Å². The molecule has 0 aromatic carbocycles. The Morgan fingerprint density at radius 2 is 2.03 bits per heavy atom. The molecule has 0 unspecified atom stereocenters. The van der Waals surface area contributed by atoms with Gasteiger partial charge in [-0.05, 0) is 43.4 Å². The maximum atomic E-state index is 13.4. The van der Waals surface area contributed by atoms with Gasteiger partial charge < -0.3 is 10.0 Å².